The Balaban J connectivity index is 1.80. The molecule has 0 saturated heterocycles. The quantitative estimate of drug-likeness (QED) is 0.463. The number of nitrogens with one attached hydrogen (secondary N) is 1. The second-order valence-corrected chi connectivity index (χ2v) is 10.8. The van der Waals surface area contributed by atoms with Crippen LogP contribution in [-0.2, 0) is 17.8 Å². The summed E-state index contributed by atoms with van der Waals surface area (Å²) in [4.78, 5) is 30.1. The normalized spacial score (nSPS) is 15.6. The molecule has 0 unspecified atom stereocenters. The molecule has 1 N–H and O–H groups in total. The topological polar surface area (TPSA) is 52.7 Å². The van der Waals surface area contributed by atoms with Gasteiger partial charge in [0.2, 0.25) is 5.91 Å². The van der Waals surface area contributed by atoms with Gasteiger partial charge in [-0.15, -0.1) is 0 Å². The Morgan fingerprint density at radius 1 is 0.972 bits per heavy atom. The molecule has 3 rings (SSSR count). The minimum atomic E-state index is -0.0824. The lowest BCUT2D eigenvalue weighted by Crippen LogP contribution is -2.33. The van der Waals surface area contributed by atoms with Crippen molar-refractivity contribution in [2.24, 2.45) is 5.92 Å². The average Bonchev–Trinajstić information content (AvgIpc) is 2.84. The van der Waals surface area contributed by atoms with Crippen LogP contribution in [0.3, 0.4) is 0 Å². The Morgan fingerprint density at radius 3 is 2.36 bits per heavy atom. The zero-order valence-electron chi connectivity index (χ0n) is 22.2. The van der Waals surface area contributed by atoms with Crippen LogP contribution in [0.1, 0.15) is 80.8 Å². The Hall–Kier alpha value is -2.37. The molecular weight excluding hydrogens is 470 g/mol. The maximum absolute atomic E-state index is 13.0. The third kappa shape index (κ3) is 8.94. The van der Waals surface area contributed by atoms with Crippen molar-refractivity contribution in [2.75, 3.05) is 31.1 Å². The van der Waals surface area contributed by atoms with Crippen LogP contribution in [0.2, 0.25) is 5.02 Å². The summed E-state index contributed by atoms with van der Waals surface area (Å²) < 4.78 is 0. The Kier molecular flexibility index (Phi) is 11.3. The van der Waals surface area contributed by atoms with Gasteiger partial charge in [-0.05, 0) is 86.1 Å². The summed E-state index contributed by atoms with van der Waals surface area (Å²) in [5, 5.41) is 3.77. The van der Waals surface area contributed by atoms with Crippen molar-refractivity contribution in [3.05, 3.63) is 64.2 Å². The van der Waals surface area contributed by atoms with Gasteiger partial charge in [0.25, 0.3) is 5.91 Å². The van der Waals surface area contributed by atoms with Gasteiger partial charge in [0.1, 0.15) is 0 Å². The highest BCUT2D eigenvalue weighted by atomic mass is 35.5. The Morgan fingerprint density at radius 2 is 1.67 bits per heavy atom. The first-order valence-corrected chi connectivity index (χ1v) is 13.9. The minimum Gasteiger partial charge on any atom is -0.352 e. The fourth-order valence-corrected chi connectivity index (χ4v) is 4.85. The van der Waals surface area contributed by atoms with Gasteiger partial charge in [0, 0.05) is 42.8 Å². The zero-order valence-corrected chi connectivity index (χ0v) is 22.9. The summed E-state index contributed by atoms with van der Waals surface area (Å²) in [6.45, 7) is 10.3. The van der Waals surface area contributed by atoms with Crippen molar-refractivity contribution < 1.29 is 9.59 Å². The van der Waals surface area contributed by atoms with Crippen molar-refractivity contribution in [2.45, 2.75) is 72.3 Å². The molecule has 1 aliphatic heterocycles. The molecule has 2 aromatic carbocycles. The summed E-state index contributed by atoms with van der Waals surface area (Å²) in [6.07, 6.45) is 7.65. The van der Waals surface area contributed by atoms with Crippen LogP contribution >= 0.6 is 11.6 Å². The molecule has 6 heteroatoms. The summed E-state index contributed by atoms with van der Waals surface area (Å²) in [5.41, 5.74) is 3.77. The number of anilines is 1. The third-order valence-electron chi connectivity index (χ3n) is 6.90. The molecule has 0 spiro atoms. The summed E-state index contributed by atoms with van der Waals surface area (Å²) in [6, 6.07) is 13.5. The van der Waals surface area contributed by atoms with Crippen LogP contribution in [0.4, 0.5) is 5.69 Å². The highest BCUT2D eigenvalue weighted by Crippen LogP contribution is 2.26. The molecule has 1 heterocycles. The van der Waals surface area contributed by atoms with Crippen LogP contribution in [0.15, 0.2) is 42.5 Å². The number of amides is 2. The van der Waals surface area contributed by atoms with Crippen LogP contribution in [-0.4, -0.2) is 42.9 Å². The van der Waals surface area contributed by atoms with E-state index >= 15 is 0 Å². The van der Waals surface area contributed by atoms with Crippen LogP contribution in [0.25, 0.3) is 0 Å². The Bertz CT molecular complexity index is 990. The maximum atomic E-state index is 13.0. The van der Waals surface area contributed by atoms with Gasteiger partial charge in [-0.2, -0.15) is 0 Å². The van der Waals surface area contributed by atoms with E-state index in [-0.39, 0.29) is 11.8 Å². The maximum Gasteiger partial charge on any atom is 0.251 e. The van der Waals surface area contributed by atoms with Gasteiger partial charge in [-0.25, -0.2) is 0 Å². The van der Waals surface area contributed by atoms with Crippen molar-refractivity contribution in [3.8, 4) is 0 Å². The molecule has 0 fully saturated rings. The standard InChI is InChI=1S/C30H42ClN3O2/c1-23(2)16-20-33-18-7-5-4-6-8-19-34(24(3)35)29-14-11-26(21-27(29)22-33)30(36)32-17-15-25-9-12-28(31)13-10-25/h9-14,21,23H,4-8,15-20,22H2,1-3H3,(H,32,36). The molecular formula is C30H42ClN3O2. The second kappa shape index (κ2) is 14.4. The molecule has 2 aromatic rings. The van der Waals surface area contributed by atoms with Gasteiger partial charge < -0.3 is 10.2 Å². The highest BCUT2D eigenvalue weighted by molar-refractivity contribution is 6.30. The lowest BCUT2D eigenvalue weighted by atomic mass is 10.0. The summed E-state index contributed by atoms with van der Waals surface area (Å²) in [7, 11) is 0. The van der Waals surface area contributed by atoms with Crippen LogP contribution < -0.4 is 10.2 Å². The minimum absolute atomic E-state index is 0.0576. The number of hydrogen-bond acceptors (Lipinski definition) is 3. The number of rotatable bonds is 7. The monoisotopic (exact) mass is 511 g/mol. The Labute approximate surface area is 222 Å². The lowest BCUT2D eigenvalue weighted by Gasteiger charge is -2.29. The van der Waals surface area contributed by atoms with E-state index in [0.717, 1.165) is 68.7 Å². The van der Waals surface area contributed by atoms with Crippen LogP contribution in [0.5, 0.6) is 0 Å². The molecule has 0 saturated carbocycles. The van der Waals surface area contributed by atoms with Gasteiger partial charge in [-0.1, -0.05) is 56.8 Å². The molecule has 2 amide bonds. The zero-order chi connectivity index (χ0) is 25.9. The van der Waals surface area contributed by atoms with Crippen molar-refractivity contribution in [3.63, 3.8) is 0 Å². The van der Waals surface area contributed by atoms with Crippen LogP contribution in [0, 0.1) is 5.92 Å². The first-order chi connectivity index (χ1) is 17.3. The first kappa shape index (κ1) is 28.2. The predicted molar refractivity (Wildman–Crippen MR) is 150 cm³/mol. The molecule has 1 aliphatic rings. The van der Waals surface area contributed by atoms with Gasteiger partial charge >= 0.3 is 0 Å². The lowest BCUT2D eigenvalue weighted by molar-refractivity contribution is -0.116. The summed E-state index contributed by atoms with van der Waals surface area (Å²) in [5.74, 6) is 0.612. The van der Waals surface area contributed by atoms with Crippen molar-refractivity contribution in [1.82, 2.24) is 10.2 Å². The number of hydrogen-bond donors (Lipinski definition) is 1. The fraction of sp³-hybridized carbons (Fsp3) is 0.533. The molecule has 0 radical (unpaired) electrons. The van der Waals surface area contributed by atoms with Crippen molar-refractivity contribution in [1.29, 1.82) is 0 Å². The molecule has 5 nitrogen and oxygen atoms in total. The number of nitrogens with zero attached hydrogens (tertiary/aromatic N) is 2. The summed E-state index contributed by atoms with van der Waals surface area (Å²) >= 11 is 5.97. The van der Waals surface area contributed by atoms with E-state index in [9.17, 15) is 9.59 Å². The van der Waals surface area contributed by atoms with Gasteiger partial charge in [0.15, 0.2) is 0 Å². The molecule has 0 aromatic heterocycles. The SMILES string of the molecule is CC(=O)N1CCCCCCCN(CCC(C)C)Cc2cc(C(=O)NCCc3ccc(Cl)cc3)ccc21. The van der Waals surface area contributed by atoms with E-state index in [1.807, 2.05) is 47.4 Å². The third-order valence-corrected chi connectivity index (χ3v) is 7.15. The van der Waals surface area contributed by atoms with E-state index in [2.05, 4.69) is 24.1 Å². The molecule has 36 heavy (non-hydrogen) atoms. The number of carbonyl (C=O) groups excluding carboxylic acids is 2. The second-order valence-electron chi connectivity index (χ2n) is 10.4. The number of halogens is 1. The van der Waals surface area contributed by atoms with Gasteiger partial charge in [0.05, 0.1) is 0 Å². The molecule has 196 valence electrons. The average molecular weight is 512 g/mol. The fourth-order valence-electron chi connectivity index (χ4n) is 4.72. The highest BCUT2D eigenvalue weighted by Gasteiger charge is 2.20. The number of fused-ring (bicyclic) bond motifs is 1. The van der Waals surface area contributed by atoms with Gasteiger partial charge in [-0.3, -0.25) is 14.5 Å². The largest absolute Gasteiger partial charge is 0.352 e. The van der Waals surface area contributed by atoms with E-state index in [1.54, 1.807) is 6.92 Å². The number of carbonyl (C=O) groups is 2. The molecule has 0 aliphatic carbocycles. The smallest absolute Gasteiger partial charge is 0.251 e. The van der Waals surface area contributed by atoms with E-state index in [0.29, 0.717) is 23.0 Å². The molecule has 0 bridgehead atoms. The predicted octanol–water partition coefficient (Wildman–Crippen LogP) is 6.48. The van der Waals surface area contributed by atoms with E-state index in [1.165, 1.54) is 19.3 Å². The van der Waals surface area contributed by atoms with E-state index in [4.69, 9.17) is 11.6 Å². The van der Waals surface area contributed by atoms with E-state index < -0.39 is 0 Å². The molecule has 0 atom stereocenters. The number of benzene rings is 2. The first-order valence-electron chi connectivity index (χ1n) is 13.5. The van der Waals surface area contributed by atoms with Crippen molar-refractivity contribution >= 4 is 29.1 Å².